The van der Waals surface area contributed by atoms with E-state index in [2.05, 4.69) is 63.8 Å². The molecule has 3 aliphatic heterocycles. The van der Waals surface area contributed by atoms with Crippen LogP contribution >= 0.6 is 43.5 Å². The van der Waals surface area contributed by atoms with Gasteiger partial charge >= 0.3 is 24.1 Å². The van der Waals surface area contributed by atoms with Crippen LogP contribution in [-0.4, -0.2) is 182 Å². The van der Waals surface area contributed by atoms with Crippen molar-refractivity contribution in [3.8, 4) is 5.75 Å². The van der Waals surface area contributed by atoms with Crippen molar-refractivity contribution < 1.29 is 81.5 Å². The predicted octanol–water partition coefficient (Wildman–Crippen LogP) is 6.49. The van der Waals surface area contributed by atoms with E-state index in [-0.39, 0.29) is 71.7 Å². The number of aliphatic hydroxyl groups is 1. The second-order valence-corrected chi connectivity index (χ2v) is 26.5. The lowest BCUT2D eigenvalue weighted by molar-refractivity contribution is -0.161. The minimum Gasteiger partial charge on any atom is -0.495 e. The highest BCUT2D eigenvalue weighted by molar-refractivity contribution is 9.09. The summed E-state index contributed by atoms with van der Waals surface area (Å²) in [5.41, 5.74) is 2.64. The maximum Gasteiger partial charge on any atom is 0.409 e. The molecular formula is C64H90Br2ClN9O17. The number of amides is 9. The van der Waals surface area contributed by atoms with E-state index in [0.29, 0.717) is 42.0 Å². The van der Waals surface area contributed by atoms with Crippen LogP contribution in [0.5, 0.6) is 5.75 Å². The van der Waals surface area contributed by atoms with Crippen molar-refractivity contribution >= 4 is 114 Å². The molecule has 9 amide bonds. The van der Waals surface area contributed by atoms with Gasteiger partial charge in [0.2, 0.25) is 23.6 Å². The molecule has 2 saturated heterocycles. The van der Waals surface area contributed by atoms with Gasteiger partial charge in [-0.15, -0.1) is 0 Å². The van der Waals surface area contributed by atoms with Gasteiger partial charge in [-0.25, -0.2) is 14.4 Å². The zero-order chi connectivity index (χ0) is 69.4. The zero-order valence-corrected chi connectivity index (χ0v) is 58.9. The van der Waals surface area contributed by atoms with E-state index >= 15 is 0 Å². The fraction of sp³-hybridized carbons (Fsp3) is 0.594. The summed E-state index contributed by atoms with van der Waals surface area (Å²) in [6.07, 6.45) is 1.31. The number of urea groups is 1. The van der Waals surface area contributed by atoms with E-state index in [9.17, 15) is 53.1 Å². The third kappa shape index (κ3) is 20.6. The van der Waals surface area contributed by atoms with Crippen LogP contribution in [0.25, 0.3) is 0 Å². The van der Waals surface area contributed by atoms with Crippen LogP contribution < -0.4 is 47.3 Å². The van der Waals surface area contributed by atoms with Crippen molar-refractivity contribution in [1.82, 2.24) is 31.5 Å². The number of primary amides is 1. The molecule has 29 heteroatoms. The largest absolute Gasteiger partial charge is 0.495 e. The first-order valence-corrected chi connectivity index (χ1v) is 33.3. The summed E-state index contributed by atoms with van der Waals surface area (Å²) in [6.45, 7) is 13.7. The number of anilines is 2. The maximum atomic E-state index is 14.6. The molecule has 93 heavy (non-hydrogen) atoms. The molecule has 0 aromatic heterocycles. The zero-order valence-electron chi connectivity index (χ0n) is 55.0. The van der Waals surface area contributed by atoms with Crippen molar-refractivity contribution in [2.45, 2.75) is 173 Å². The number of nitrogens with zero attached hydrogens (tertiary/aromatic N) is 2. The van der Waals surface area contributed by atoms with Gasteiger partial charge in [0.25, 0.3) is 11.8 Å². The number of esters is 2. The molecule has 514 valence electrons. The highest BCUT2D eigenvalue weighted by atomic mass is 79.9. The van der Waals surface area contributed by atoms with Crippen LogP contribution in [0.2, 0.25) is 5.02 Å². The third-order valence-corrected chi connectivity index (χ3v) is 18.8. The molecule has 2 aromatic carbocycles. The topological polar surface area (TPSA) is 354 Å². The third-order valence-electron chi connectivity index (χ3n) is 16.8. The number of fused-ring (bicyclic) bond motifs is 5. The Balaban J connectivity index is 1.37. The molecule has 9 N–H and O–H groups in total. The first-order chi connectivity index (χ1) is 43.7. The predicted molar refractivity (Wildman–Crippen MR) is 354 cm³/mol. The van der Waals surface area contributed by atoms with Gasteiger partial charge in [-0.05, 0) is 115 Å². The van der Waals surface area contributed by atoms with Gasteiger partial charge in [-0.1, -0.05) is 88.0 Å². The number of ether oxygens (including phenoxy) is 6. The number of hydrogen-bond donors (Lipinski definition) is 8. The number of alkyl halides is 2. The molecule has 0 saturated carbocycles. The Morgan fingerprint density at radius 2 is 1.68 bits per heavy atom. The van der Waals surface area contributed by atoms with Crippen LogP contribution in [0, 0.1) is 17.8 Å². The maximum absolute atomic E-state index is 14.6. The van der Waals surface area contributed by atoms with Crippen LogP contribution in [0.4, 0.5) is 21.0 Å². The number of rotatable bonds is 26. The van der Waals surface area contributed by atoms with Crippen molar-refractivity contribution in [3.63, 3.8) is 0 Å². The molecule has 0 radical (unpaired) electrons. The molecule has 2 aromatic rings. The first kappa shape index (κ1) is 76.9. The molecule has 0 unspecified atom stereocenters. The van der Waals surface area contributed by atoms with Gasteiger partial charge in [0.1, 0.15) is 58.4 Å². The average molecular weight is 1450 g/mol. The number of likely N-dealkylation sites (N-methyl/N-ethyl adjacent to an activating group) is 1. The van der Waals surface area contributed by atoms with E-state index in [1.807, 2.05) is 13.0 Å². The highest BCUT2D eigenvalue weighted by Crippen LogP contribution is 2.49. The normalized spacial score (nSPS) is 23.4. The summed E-state index contributed by atoms with van der Waals surface area (Å²) in [5.74, 6) is -6.50. The molecule has 0 aliphatic carbocycles. The number of allylic oxidation sites excluding steroid dienone is 3. The Bertz CT molecular complexity index is 3150. The van der Waals surface area contributed by atoms with Gasteiger partial charge < -0.3 is 75.6 Å². The Morgan fingerprint density at radius 1 is 0.989 bits per heavy atom. The van der Waals surface area contributed by atoms with Gasteiger partial charge in [-0.3, -0.25) is 38.9 Å². The molecule has 4 bridgehead atoms. The van der Waals surface area contributed by atoms with Crippen LogP contribution in [0.15, 0.2) is 54.1 Å². The number of nitrogens with one attached hydrogen (secondary N) is 6. The second kappa shape index (κ2) is 34.0. The summed E-state index contributed by atoms with van der Waals surface area (Å²) < 4.78 is 35.3. The lowest BCUT2D eigenvalue weighted by Gasteiger charge is -2.42. The van der Waals surface area contributed by atoms with Crippen LogP contribution in [-0.2, 0) is 58.9 Å². The Kier molecular flexibility index (Phi) is 28.1. The first-order valence-electron chi connectivity index (χ1n) is 30.7. The quantitative estimate of drug-likeness (QED) is 0.0164. The number of epoxide rings is 1. The van der Waals surface area contributed by atoms with Crippen molar-refractivity contribution in [3.05, 3.63) is 75.8 Å². The van der Waals surface area contributed by atoms with Crippen LogP contribution in [0.1, 0.15) is 133 Å². The van der Waals surface area contributed by atoms with Crippen molar-refractivity contribution in [2.24, 2.45) is 23.5 Å². The standard InChI is InChI=1S/C64H90Br2ClN9O17/c1-34(2)52(73-49(77)21-14-15-24-62(6,7)93-59(84)40(32-65)33-66)56(81)72-43(19-17-25-70-60(68)85)55(80)71-42-23-22-39(29-41(42)54(79)69-9)57(82)75(10)37(5)58(83)91-48-30-50(78)76(11)44-27-38(28-45(88-12)51(44)67)26-35(3)18-16-20-47(89-13)64(87)31-46(90-61(86)74-64)36(4)53-63(48,8)92-53/h16,18,20,22-23,27-29,34,36-37,40,43,46-48,52-53,87H,14-15,17,19,21,24-26,30-33H2,1-13H3,(H,69,79)(H,71,80)(H,72,81)(H,73,77)(H,74,86)(H3,68,70,85)/b20-16+,35-18+/t36-,37+,43+,46+,47-,48+,52+,53+,63+,64+/m1/s1. The van der Waals surface area contributed by atoms with Gasteiger partial charge in [-0.2, -0.15) is 0 Å². The summed E-state index contributed by atoms with van der Waals surface area (Å²) in [4.78, 5) is 138. The summed E-state index contributed by atoms with van der Waals surface area (Å²) in [5, 5.41) is 28.6. The molecule has 26 nitrogen and oxygen atoms in total. The molecule has 5 rings (SSSR count). The SMILES string of the molecule is CNC(=O)c1cc(C(=O)N(C)[C@@H](C)C(=O)O[C@H]2CC(=O)N(C)c3cc(cc(OC)c3Cl)C/C(C)=C/C=C/[C@@H](OC)[C@@]3(O)C[C@H](OC(=O)N3)[C@@H](C)[C@@H]3O[C@@]23C)ccc1NC(=O)[C@H](CCCNC(N)=O)NC(=O)[C@@H](NC(=O)CCCCC(C)(C)OC(=O)C(CBr)CBr)C(C)C. The summed E-state index contributed by atoms with van der Waals surface area (Å²) in [7, 11) is 6.99. The fourth-order valence-corrected chi connectivity index (χ4v) is 12.9. The molecule has 10 atom stereocenters. The smallest absolute Gasteiger partial charge is 0.409 e. The van der Waals surface area contributed by atoms with E-state index in [1.165, 1.54) is 65.4 Å². The van der Waals surface area contributed by atoms with Gasteiger partial charge in [0, 0.05) is 69.8 Å². The molecule has 3 heterocycles. The Hall–Kier alpha value is -6.85. The Morgan fingerprint density at radius 3 is 2.30 bits per heavy atom. The van der Waals surface area contributed by atoms with Gasteiger partial charge in [0.15, 0.2) is 5.72 Å². The van der Waals surface area contributed by atoms with E-state index in [1.54, 1.807) is 65.8 Å². The van der Waals surface area contributed by atoms with Gasteiger partial charge in [0.05, 0.1) is 42.5 Å². The number of carbonyl (C=O) groups excluding carboxylic acids is 10. The lowest BCUT2D eigenvalue weighted by Crippen LogP contribution is -2.63. The number of methoxy groups -OCH3 is 2. The molecule has 0 spiro atoms. The second-order valence-electron chi connectivity index (χ2n) is 24.8. The Labute approximate surface area is 564 Å². The number of alkyl carbamates (subject to hydrolysis) is 1. The number of benzene rings is 2. The number of halogens is 3. The fourth-order valence-electron chi connectivity index (χ4n) is 10.9. The number of nitrogens with two attached hydrogens (primary N) is 1. The average Bonchev–Trinajstić information content (AvgIpc) is 1.58. The summed E-state index contributed by atoms with van der Waals surface area (Å²) in [6, 6.07) is 2.70. The van der Waals surface area contributed by atoms with Crippen molar-refractivity contribution in [2.75, 3.05) is 62.8 Å². The number of carbonyl (C=O) groups is 10. The minimum atomic E-state index is -1.94. The van der Waals surface area contributed by atoms with E-state index < -0.39 is 131 Å². The van der Waals surface area contributed by atoms with E-state index in [0.717, 1.165) is 16.0 Å². The van der Waals surface area contributed by atoms with Crippen molar-refractivity contribution in [1.29, 1.82) is 0 Å². The lowest BCUT2D eigenvalue weighted by atomic mass is 9.83. The molecule has 2 fully saturated rings. The monoisotopic (exact) mass is 1450 g/mol. The number of unbranched alkanes of at least 4 members (excludes halogenated alkanes) is 1. The highest BCUT2D eigenvalue weighted by Gasteiger charge is 2.64. The number of hydrogen-bond acceptors (Lipinski definition) is 17. The van der Waals surface area contributed by atoms with Crippen LogP contribution in [0.3, 0.4) is 0 Å². The summed E-state index contributed by atoms with van der Waals surface area (Å²) >= 11 is 13.5. The van der Waals surface area contributed by atoms with E-state index in [4.69, 9.17) is 45.8 Å². The minimum absolute atomic E-state index is 0.0292. The molecule has 3 aliphatic rings. The molecular weight excluding hydrogens is 1360 g/mol.